The third kappa shape index (κ3) is 3.72. The van der Waals surface area contributed by atoms with Crippen LogP contribution in [0, 0.1) is 0 Å². The lowest BCUT2D eigenvalue weighted by atomic mass is 10.3. The Balaban J connectivity index is 2.08. The van der Waals surface area contributed by atoms with Gasteiger partial charge in [0.05, 0.1) is 14.2 Å². The Morgan fingerprint density at radius 1 is 0.947 bits per heavy atom. The van der Waals surface area contributed by atoms with Gasteiger partial charge in [0.15, 0.2) is 0 Å². The van der Waals surface area contributed by atoms with Crippen LogP contribution in [0.5, 0.6) is 17.2 Å². The molecule has 0 bridgehead atoms. The molecule has 0 amide bonds. The second-order valence-corrected chi connectivity index (χ2v) is 4.04. The fourth-order valence-corrected chi connectivity index (χ4v) is 1.54. The molecular formula is C13H13ClN2O3. The van der Waals surface area contributed by atoms with E-state index in [9.17, 15) is 0 Å². The third-order valence-electron chi connectivity index (χ3n) is 2.40. The van der Waals surface area contributed by atoms with E-state index in [4.69, 9.17) is 25.8 Å². The molecule has 1 aromatic heterocycles. The van der Waals surface area contributed by atoms with E-state index in [1.165, 1.54) is 0 Å². The van der Waals surface area contributed by atoms with Gasteiger partial charge < -0.3 is 14.2 Å². The van der Waals surface area contributed by atoms with Crippen LogP contribution in [0.3, 0.4) is 0 Å². The number of ether oxygens (including phenoxy) is 3. The van der Waals surface area contributed by atoms with Gasteiger partial charge in [-0.05, 0) is 11.6 Å². The largest absolute Gasteiger partial charge is 0.496 e. The number of nitrogens with zero attached hydrogens (tertiary/aromatic N) is 2. The minimum absolute atomic E-state index is 0.215. The number of rotatable bonds is 5. The molecule has 2 rings (SSSR count). The standard InChI is InChI=1S/C13H13ClN2O3/c1-17-10-3-11(18-2)5-12(4-10)19-8-9-6-15-13(14)16-7-9/h3-7H,8H2,1-2H3. The molecule has 0 aliphatic heterocycles. The number of hydrogen-bond acceptors (Lipinski definition) is 5. The number of hydrogen-bond donors (Lipinski definition) is 0. The van der Waals surface area contributed by atoms with Gasteiger partial charge in [-0.25, -0.2) is 9.97 Å². The van der Waals surface area contributed by atoms with Crippen molar-refractivity contribution in [3.8, 4) is 17.2 Å². The quantitative estimate of drug-likeness (QED) is 0.788. The summed E-state index contributed by atoms with van der Waals surface area (Å²) in [5.41, 5.74) is 0.825. The maximum Gasteiger partial charge on any atom is 0.222 e. The zero-order valence-electron chi connectivity index (χ0n) is 10.6. The molecule has 0 N–H and O–H groups in total. The normalized spacial score (nSPS) is 10.1. The first kappa shape index (κ1) is 13.4. The van der Waals surface area contributed by atoms with Crippen molar-refractivity contribution in [1.82, 2.24) is 9.97 Å². The Labute approximate surface area is 116 Å². The van der Waals surface area contributed by atoms with Gasteiger partial charge in [-0.3, -0.25) is 0 Å². The summed E-state index contributed by atoms with van der Waals surface area (Å²) in [4.78, 5) is 7.77. The van der Waals surface area contributed by atoms with Gasteiger partial charge in [0.25, 0.3) is 0 Å². The Hall–Kier alpha value is -2.01. The minimum Gasteiger partial charge on any atom is -0.496 e. The molecule has 0 unspecified atom stereocenters. The predicted octanol–water partition coefficient (Wildman–Crippen LogP) is 2.73. The van der Waals surface area contributed by atoms with Crippen molar-refractivity contribution < 1.29 is 14.2 Å². The first-order valence-electron chi connectivity index (χ1n) is 5.53. The molecule has 0 fully saturated rings. The molecule has 0 saturated carbocycles. The molecule has 6 heteroatoms. The summed E-state index contributed by atoms with van der Waals surface area (Å²) < 4.78 is 16.0. The second-order valence-electron chi connectivity index (χ2n) is 3.70. The van der Waals surface area contributed by atoms with Crippen molar-refractivity contribution in [1.29, 1.82) is 0 Å². The molecule has 0 radical (unpaired) electrons. The zero-order valence-corrected chi connectivity index (χ0v) is 11.3. The minimum atomic E-state index is 0.215. The van der Waals surface area contributed by atoms with Crippen LogP contribution in [0.15, 0.2) is 30.6 Å². The van der Waals surface area contributed by atoms with Crippen molar-refractivity contribution in [2.75, 3.05) is 14.2 Å². The molecule has 5 nitrogen and oxygen atoms in total. The lowest BCUT2D eigenvalue weighted by Gasteiger charge is -2.10. The highest BCUT2D eigenvalue weighted by Gasteiger charge is 2.04. The van der Waals surface area contributed by atoms with E-state index in [0.717, 1.165) is 5.56 Å². The van der Waals surface area contributed by atoms with E-state index in [2.05, 4.69) is 9.97 Å². The number of benzene rings is 1. The molecule has 2 aromatic rings. The van der Waals surface area contributed by atoms with Gasteiger partial charge in [0.2, 0.25) is 5.28 Å². The van der Waals surface area contributed by atoms with E-state index in [1.54, 1.807) is 44.8 Å². The molecule has 0 saturated heterocycles. The summed E-state index contributed by atoms with van der Waals surface area (Å²) in [5.74, 6) is 1.98. The van der Waals surface area contributed by atoms with E-state index in [0.29, 0.717) is 23.9 Å². The molecule has 1 aromatic carbocycles. The fraction of sp³-hybridized carbons (Fsp3) is 0.231. The third-order valence-corrected chi connectivity index (χ3v) is 2.60. The van der Waals surface area contributed by atoms with E-state index >= 15 is 0 Å². The summed E-state index contributed by atoms with van der Waals surface area (Å²) in [6, 6.07) is 5.33. The highest BCUT2D eigenvalue weighted by atomic mass is 35.5. The van der Waals surface area contributed by atoms with Gasteiger partial charge in [0, 0.05) is 36.2 Å². The zero-order chi connectivity index (χ0) is 13.7. The van der Waals surface area contributed by atoms with Crippen molar-refractivity contribution in [2.24, 2.45) is 0 Å². The SMILES string of the molecule is COc1cc(OC)cc(OCc2cnc(Cl)nc2)c1. The van der Waals surface area contributed by atoms with Gasteiger partial charge in [-0.15, -0.1) is 0 Å². The van der Waals surface area contributed by atoms with Crippen molar-refractivity contribution >= 4 is 11.6 Å². The Morgan fingerprint density at radius 2 is 1.47 bits per heavy atom. The number of halogens is 1. The topological polar surface area (TPSA) is 53.5 Å². The molecule has 19 heavy (non-hydrogen) atoms. The summed E-state index contributed by atoms with van der Waals surface area (Å²) in [5, 5.41) is 0.215. The lowest BCUT2D eigenvalue weighted by Crippen LogP contribution is -1.98. The molecular weight excluding hydrogens is 268 g/mol. The first-order valence-corrected chi connectivity index (χ1v) is 5.91. The van der Waals surface area contributed by atoms with Gasteiger partial charge in [0.1, 0.15) is 23.9 Å². The second kappa shape index (κ2) is 6.24. The van der Waals surface area contributed by atoms with E-state index in [-0.39, 0.29) is 5.28 Å². The van der Waals surface area contributed by atoms with Crippen LogP contribution in [0.25, 0.3) is 0 Å². The average Bonchev–Trinajstić information content (AvgIpc) is 2.46. The highest BCUT2D eigenvalue weighted by molar-refractivity contribution is 6.28. The van der Waals surface area contributed by atoms with Gasteiger partial charge >= 0.3 is 0 Å². The van der Waals surface area contributed by atoms with E-state index < -0.39 is 0 Å². The Bertz CT molecular complexity index is 524. The fourth-order valence-electron chi connectivity index (χ4n) is 1.44. The first-order chi connectivity index (χ1) is 9.21. The predicted molar refractivity (Wildman–Crippen MR) is 70.9 cm³/mol. The lowest BCUT2D eigenvalue weighted by molar-refractivity contribution is 0.299. The molecule has 0 spiro atoms. The summed E-state index contributed by atoms with van der Waals surface area (Å²) >= 11 is 5.61. The molecule has 0 atom stereocenters. The van der Waals surface area contributed by atoms with Crippen molar-refractivity contribution in [3.05, 3.63) is 41.4 Å². The molecule has 0 aliphatic carbocycles. The Kier molecular flexibility index (Phi) is 4.41. The summed E-state index contributed by atoms with van der Waals surface area (Å²) in [6.07, 6.45) is 3.24. The van der Waals surface area contributed by atoms with Crippen LogP contribution in [0.1, 0.15) is 5.56 Å². The highest BCUT2D eigenvalue weighted by Crippen LogP contribution is 2.27. The van der Waals surface area contributed by atoms with Crippen LogP contribution >= 0.6 is 11.6 Å². The maximum absolute atomic E-state index is 5.63. The summed E-state index contributed by atoms with van der Waals surface area (Å²) in [6.45, 7) is 0.341. The van der Waals surface area contributed by atoms with Crippen LogP contribution in [0.4, 0.5) is 0 Å². The average molecular weight is 281 g/mol. The number of aromatic nitrogens is 2. The monoisotopic (exact) mass is 280 g/mol. The van der Waals surface area contributed by atoms with Crippen LogP contribution in [0.2, 0.25) is 5.28 Å². The van der Waals surface area contributed by atoms with Gasteiger partial charge in [-0.2, -0.15) is 0 Å². The number of methoxy groups -OCH3 is 2. The molecule has 1 heterocycles. The van der Waals surface area contributed by atoms with Crippen LogP contribution in [-0.4, -0.2) is 24.2 Å². The van der Waals surface area contributed by atoms with Crippen LogP contribution < -0.4 is 14.2 Å². The van der Waals surface area contributed by atoms with Crippen molar-refractivity contribution in [2.45, 2.75) is 6.61 Å². The van der Waals surface area contributed by atoms with Crippen molar-refractivity contribution in [3.63, 3.8) is 0 Å². The molecule has 0 aliphatic rings. The smallest absolute Gasteiger partial charge is 0.222 e. The Morgan fingerprint density at radius 3 is 2.00 bits per heavy atom. The molecule has 100 valence electrons. The van der Waals surface area contributed by atoms with Crippen LogP contribution in [-0.2, 0) is 6.61 Å². The van der Waals surface area contributed by atoms with Gasteiger partial charge in [-0.1, -0.05) is 0 Å². The van der Waals surface area contributed by atoms with E-state index in [1.807, 2.05) is 0 Å². The summed E-state index contributed by atoms with van der Waals surface area (Å²) in [7, 11) is 3.18. The maximum atomic E-state index is 5.63.